The van der Waals surface area contributed by atoms with Gasteiger partial charge in [0.15, 0.2) is 0 Å². The van der Waals surface area contributed by atoms with Crippen molar-refractivity contribution in [2.45, 2.75) is 19.8 Å². The summed E-state index contributed by atoms with van der Waals surface area (Å²) in [5.74, 6) is -0.0854. The third kappa shape index (κ3) is 1.13. The predicted octanol–water partition coefficient (Wildman–Crippen LogP) is 0.568. The van der Waals surface area contributed by atoms with Crippen molar-refractivity contribution in [1.82, 2.24) is 0 Å². The molecule has 11 heavy (non-hydrogen) atoms. The molecule has 3 nitrogen and oxygen atoms in total. The summed E-state index contributed by atoms with van der Waals surface area (Å²) in [5, 5.41) is 8.86. The van der Waals surface area contributed by atoms with E-state index < -0.39 is 5.41 Å². The average Bonchev–Trinajstić information content (AvgIpc) is 2.00. The van der Waals surface area contributed by atoms with E-state index in [4.69, 9.17) is 5.11 Å². The van der Waals surface area contributed by atoms with Crippen LogP contribution < -0.4 is 0 Å². The quantitative estimate of drug-likeness (QED) is 0.597. The third-order valence-corrected chi connectivity index (χ3v) is 2.79. The monoisotopic (exact) mass is 158 g/mol. The van der Waals surface area contributed by atoms with E-state index in [1.54, 1.807) is 0 Å². The van der Waals surface area contributed by atoms with Crippen LogP contribution in [0.1, 0.15) is 19.8 Å². The van der Waals surface area contributed by atoms with Crippen LogP contribution in [0.3, 0.4) is 0 Å². The van der Waals surface area contributed by atoms with Crippen LogP contribution in [0.4, 0.5) is 0 Å². The maximum absolute atomic E-state index is 11.2. The molecule has 0 heterocycles. The molecule has 1 saturated carbocycles. The van der Waals surface area contributed by atoms with Gasteiger partial charge < -0.3 is 9.84 Å². The fraction of sp³-hybridized carbons (Fsp3) is 0.875. The van der Waals surface area contributed by atoms with Crippen LogP contribution in [0.5, 0.6) is 0 Å². The molecule has 1 aliphatic rings. The second-order valence-electron chi connectivity index (χ2n) is 3.33. The summed E-state index contributed by atoms with van der Waals surface area (Å²) in [6.07, 6.45) is 1.77. The largest absolute Gasteiger partial charge is 0.469 e. The van der Waals surface area contributed by atoms with Crippen molar-refractivity contribution in [2.24, 2.45) is 11.3 Å². The van der Waals surface area contributed by atoms with Gasteiger partial charge in [-0.25, -0.2) is 0 Å². The van der Waals surface area contributed by atoms with Crippen molar-refractivity contribution in [3.05, 3.63) is 0 Å². The maximum atomic E-state index is 11.2. The van der Waals surface area contributed by atoms with Crippen LogP contribution in [0, 0.1) is 11.3 Å². The molecule has 0 aromatic rings. The molecular weight excluding hydrogens is 144 g/mol. The zero-order valence-corrected chi connectivity index (χ0v) is 6.96. The topological polar surface area (TPSA) is 46.5 Å². The van der Waals surface area contributed by atoms with Gasteiger partial charge >= 0.3 is 5.97 Å². The first-order valence-corrected chi connectivity index (χ1v) is 3.84. The molecule has 64 valence electrons. The van der Waals surface area contributed by atoms with Crippen LogP contribution in [0.2, 0.25) is 0 Å². The average molecular weight is 158 g/mol. The van der Waals surface area contributed by atoms with Gasteiger partial charge in [-0.15, -0.1) is 0 Å². The minimum atomic E-state index is -0.413. The highest BCUT2D eigenvalue weighted by atomic mass is 16.5. The Morgan fingerprint density at radius 2 is 2.45 bits per heavy atom. The molecule has 0 amide bonds. The van der Waals surface area contributed by atoms with E-state index in [0.29, 0.717) is 0 Å². The Labute approximate surface area is 66.4 Å². The number of carbonyl (C=O) groups is 1. The Bertz CT molecular complexity index is 165. The predicted molar refractivity (Wildman–Crippen MR) is 39.9 cm³/mol. The molecule has 1 rings (SSSR count). The lowest BCUT2D eigenvalue weighted by atomic mass is 9.61. The molecule has 0 aliphatic heterocycles. The number of aliphatic hydroxyl groups is 1. The van der Waals surface area contributed by atoms with E-state index >= 15 is 0 Å². The van der Waals surface area contributed by atoms with E-state index in [1.165, 1.54) is 7.11 Å². The van der Waals surface area contributed by atoms with Crippen molar-refractivity contribution >= 4 is 5.97 Å². The first-order chi connectivity index (χ1) is 5.15. The molecule has 1 N–H and O–H groups in total. The van der Waals surface area contributed by atoms with Gasteiger partial charge in [0.2, 0.25) is 0 Å². The van der Waals surface area contributed by atoms with Crippen molar-refractivity contribution < 1.29 is 14.6 Å². The molecule has 0 bridgehead atoms. The highest BCUT2D eigenvalue weighted by Crippen LogP contribution is 2.46. The summed E-state index contributed by atoms with van der Waals surface area (Å²) in [4.78, 5) is 11.2. The van der Waals surface area contributed by atoms with Crippen LogP contribution in [0.25, 0.3) is 0 Å². The van der Waals surface area contributed by atoms with Gasteiger partial charge in [-0.3, -0.25) is 4.79 Å². The number of hydrogen-bond donors (Lipinski definition) is 1. The van der Waals surface area contributed by atoms with E-state index in [0.717, 1.165) is 12.8 Å². The molecular formula is C8H14O3. The molecule has 1 aliphatic carbocycles. The molecule has 1 fully saturated rings. The van der Waals surface area contributed by atoms with Gasteiger partial charge in [0.05, 0.1) is 12.5 Å². The molecule has 3 heteroatoms. The number of methoxy groups -OCH3 is 1. The minimum absolute atomic E-state index is 0.0889. The lowest BCUT2D eigenvalue weighted by molar-refractivity contribution is -0.165. The third-order valence-electron chi connectivity index (χ3n) is 2.79. The molecule has 0 aromatic carbocycles. The molecule has 0 saturated heterocycles. The van der Waals surface area contributed by atoms with Crippen molar-refractivity contribution in [3.8, 4) is 0 Å². The Morgan fingerprint density at radius 1 is 1.82 bits per heavy atom. The standard InChI is InChI=1S/C8H14O3/c1-8(7(10)11-2)4-3-6(8)5-9/h6,9H,3-5H2,1-2H3. The van der Waals surface area contributed by atoms with Gasteiger partial charge in [-0.1, -0.05) is 0 Å². The van der Waals surface area contributed by atoms with Crippen LogP contribution in [-0.4, -0.2) is 24.8 Å². The Morgan fingerprint density at radius 3 is 2.73 bits per heavy atom. The van der Waals surface area contributed by atoms with Gasteiger partial charge in [0.25, 0.3) is 0 Å². The molecule has 0 radical (unpaired) electrons. The summed E-state index contributed by atoms with van der Waals surface area (Å²) in [5.41, 5.74) is -0.413. The number of rotatable bonds is 2. The summed E-state index contributed by atoms with van der Waals surface area (Å²) in [6, 6.07) is 0. The zero-order chi connectivity index (χ0) is 8.48. The highest BCUT2D eigenvalue weighted by molar-refractivity contribution is 5.77. The molecule has 0 spiro atoms. The molecule has 2 unspecified atom stereocenters. The highest BCUT2D eigenvalue weighted by Gasteiger charge is 2.49. The number of esters is 1. The number of carbonyl (C=O) groups excluding carboxylic acids is 1. The summed E-state index contributed by atoms with van der Waals surface area (Å²) >= 11 is 0. The fourth-order valence-electron chi connectivity index (χ4n) is 1.58. The van der Waals surface area contributed by atoms with Crippen LogP contribution in [-0.2, 0) is 9.53 Å². The molecule has 0 aromatic heterocycles. The maximum Gasteiger partial charge on any atom is 0.311 e. The van der Waals surface area contributed by atoms with Gasteiger partial charge in [-0.2, -0.15) is 0 Å². The van der Waals surface area contributed by atoms with Crippen LogP contribution >= 0.6 is 0 Å². The summed E-state index contributed by atoms with van der Waals surface area (Å²) in [6.45, 7) is 1.94. The Kier molecular flexibility index (Phi) is 2.18. The SMILES string of the molecule is COC(=O)C1(C)CCC1CO. The summed E-state index contributed by atoms with van der Waals surface area (Å²) in [7, 11) is 1.39. The number of hydrogen-bond acceptors (Lipinski definition) is 3. The van der Waals surface area contributed by atoms with Crippen molar-refractivity contribution in [1.29, 1.82) is 0 Å². The van der Waals surface area contributed by atoms with E-state index in [1.807, 2.05) is 6.92 Å². The normalized spacial score (nSPS) is 36.1. The van der Waals surface area contributed by atoms with Crippen molar-refractivity contribution in [3.63, 3.8) is 0 Å². The van der Waals surface area contributed by atoms with Gasteiger partial charge in [0, 0.05) is 6.61 Å². The van der Waals surface area contributed by atoms with E-state index in [2.05, 4.69) is 4.74 Å². The lowest BCUT2D eigenvalue weighted by Gasteiger charge is -2.43. The fourth-order valence-corrected chi connectivity index (χ4v) is 1.58. The lowest BCUT2D eigenvalue weighted by Crippen LogP contribution is -2.46. The van der Waals surface area contributed by atoms with Gasteiger partial charge in [-0.05, 0) is 25.7 Å². The second-order valence-corrected chi connectivity index (χ2v) is 3.33. The number of ether oxygens (including phenoxy) is 1. The first-order valence-electron chi connectivity index (χ1n) is 3.84. The Balaban J connectivity index is 2.60. The van der Waals surface area contributed by atoms with Gasteiger partial charge in [0.1, 0.15) is 0 Å². The summed E-state index contributed by atoms with van der Waals surface area (Å²) < 4.78 is 4.64. The van der Waals surface area contributed by atoms with E-state index in [9.17, 15) is 4.79 Å². The van der Waals surface area contributed by atoms with Crippen LogP contribution in [0.15, 0.2) is 0 Å². The van der Waals surface area contributed by atoms with Crippen molar-refractivity contribution in [2.75, 3.05) is 13.7 Å². The van der Waals surface area contributed by atoms with E-state index in [-0.39, 0.29) is 18.5 Å². The zero-order valence-electron chi connectivity index (χ0n) is 6.96. The second kappa shape index (κ2) is 2.81. The Hall–Kier alpha value is -0.570. The number of aliphatic hydroxyl groups excluding tert-OH is 1. The minimum Gasteiger partial charge on any atom is -0.469 e. The molecule has 2 atom stereocenters. The smallest absolute Gasteiger partial charge is 0.311 e. The first kappa shape index (κ1) is 8.53.